The standard InChI is InChI=1S/C14H17ClO3/c15-13-6-2-1-4-10(13)8-12(14(16)17)11-5-3-7-18-9-11/h1-2,4,6,11-12H,3,5,7-9H2,(H,16,17). The molecule has 0 amide bonds. The lowest BCUT2D eigenvalue weighted by molar-refractivity contribution is -0.145. The first-order valence-electron chi connectivity index (χ1n) is 6.22. The molecule has 1 aromatic rings. The van der Waals surface area contributed by atoms with E-state index in [2.05, 4.69) is 0 Å². The molecule has 0 bridgehead atoms. The Morgan fingerprint density at radius 3 is 2.89 bits per heavy atom. The second kappa shape index (κ2) is 6.21. The topological polar surface area (TPSA) is 46.5 Å². The Bertz CT molecular complexity index is 413. The molecule has 0 saturated carbocycles. The van der Waals surface area contributed by atoms with Crippen molar-refractivity contribution in [2.75, 3.05) is 13.2 Å². The van der Waals surface area contributed by atoms with Gasteiger partial charge in [0.05, 0.1) is 12.5 Å². The fourth-order valence-corrected chi connectivity index (χ4v) is 2.65. The number of hydrogen-bond acceptors (Lipinski definition) is 2. The molecule has 1 aliphatic rings. The third-order valence-corrected chi connectivity index (χ3v) is 3.85. The highest BCUT2D eigenvalue weighted by Crippen LogP contribution is 2.28. The van der Waals surface area contributed by atoms with Gasteiger partial charge in [0.15, 0.2) is 0 Å². The maximum Gasteiger partial charge on any atom is 0.307 e. The summed E-state index contributed by atoms with van der Waals surface area (Å²) in [6, 6.07) is 7.43. The zero-order valence-corrected chi connectivity index (χ0v) is 10.9. The molecule has 2 atom stereocenters. The van der Waals surface area contributed by atoms with Gasteiger partial charge in [-0.05, 0) is 36.8 Å². The normalized spacial score (nSPS) is 21.5. The van der Waals surface area contributed by atoms with Crippen LogP contribution in [-0.2, 0) is 16.0 Å². The number of carbonyl (C=O) groups is 1. The summed E-state index contributed by atoms with van der Waals surface area (Å²) in [7, 11) is 0. The fourth-order valence-electron chi connectivity index (χ4n) is 2.44. The highest BCUT2D eigenvalue weighted by molar-refractivity contribution is 6.31. The van der Waals surface area contributed by atoms with Gasteiger partial charge in [-0.25, -0.2) is 0 Å². The number of aliphatic carboxylic acids is 1. The van der Waals surface area contributed by atoms with E-state index in [1.807, 2.05) is 18.2 Å². The SMILES string of the molecule is O=C(O)C(Cc1ccccc1Cl)C1CCCOC1. The number of hydrogen-bond donors (Lipinski definition) is 1. The third-order valence-electron chi connectivity index (χ3n) is 3.48. The van der Waals surface area contributed by atoms with Crippen molar-refractivity contribution >= 4 is 17.6 Å². The summed E-state index contributed by atoms with van der Waals surface area (Å²) in [5.74, 6) is -1.08. The summed E-state index contributed by atoms with van der Waals surface area (Å²) in [6.45, 7) is 1.29. The predicted molar refractivity (Wildman–Crippen MR) is 69.8 cm³/mol. The number of carboxylic acid groups (broad SMARTS) is 1. The van der Waals surface area contributed by atoms with Crippen LogP contribution in [0, 0.1) is 11.8 Å². The van der Waals surface area contributed by atoms with E-state index in [9.17, 15) is 9.90 Å². The smallest absolute Gasteiger partial charge is 0.307 e. The number of rotatable bonds is 4. The summed E-state index contributed by atoms with van der Waals surface area (Å²) >= 11 is 6.09. The van der Waals surface area contributed by atoms with Crippen LogP contribution in [-0.4, -0.2) is 24.3 Å². The number of carboxylic acids is 1. The molecule has 98 valence electrons. The number of ether oxygens (including phenoxy) is 1. The van der Waals surface area contributed by atoms with Crippen molar-refractivity contribution in [3.63, 3.8) is 0 Å². The maximum atomic E-state index is 11.4. The summed E-state index contributed by atoms with van der Waals surface area (Å²) in [5.41, 5.74) is 0.900. The molecule has 0 spiro atoms. The Morgan fingerprint density at radius 1 is 1.50 bits per heavy atom. The van der Waals surface area contributed by atoms with Gasteiger partial charge in [0.2, 0.25) is 0 Å². The molecule has 0 radical (unpaired) electrons. The molecule has 3 nitrogen and oxygen atoms in total. The molecule has 18 heavy (non-hydrogen) atoms. The first kappa shape index (κ1) is 13.4. The number of benzene rings is 1. The molecule has 1 N–H and O–H groups in total. The average molecular weight is 269 g/mol. The largest absolute Gasteiger partial charge is 0.481 e. The van der Waals surface area contributed by atoms with Gasteiger partial charge in [0, 0.05) is 11.6 Å². The van der Waals surface area contributed by atoms with Crippen LogP contribution < -0.4 is 0 Å². The lowest BCUT2D eigenvalue weighted by atomic mass is 9.83. The molecule has 0 aromatic heterocycles. The Labute approximate surface area is 112 Å². The number of halogens is 1. The van der Waals surface area contributed by atoms with Crippen LogP contribution in [0.1, 0.15) is 18.4 Å². The van der Waals surface area contributed by atoms with E-state index in [1.54, 1.807) is 6.07 Å². The lowest BCUT2D eigenvalue weighted by Crippen LogP contribution is -2.32. The first-order valence-corrected chi connectivity index (χ1v) is 6.60. The quantitative estimate of drug-likeness (QED) is 0.913. The van der Waals surface area contributed by atoms with Gasteiger partial charge in [-0.1, -0.05) is 29.8 Å². The predicted octanol–water partition coefficient (Wildman–Crippen LogP) is 3.01. The Hall–Kier alpha value is -1.06. The van der Waals surface area contributed by atoms with Crippen molar-refractivity contribution in [2.24, 2.45) is 11.8 Å². The summed E-state index contributed by atoms with van der Waals surface area (Å²) in [6.07, 6.45) is 2.33. The fraction of sp³-hybridized carbons (Fsp3) is 0.500. The minimum atomic E-state index is -0.759. The Balaban J connectivity index is 2.11. The zero-order valence-electron chi connectivity index (χ0n) is 10.1. The molecule has 2 unspecified atom stereocenters. The highest BCUT2D eigenvalue weighted by atomic mass is 35.5. The molecular formula is C14H17ClO3. The van der Waals surface area contributed by atoms with Crippen LogP contribution in [0.5, 0.6) is 0 Å². The third kappa shape index (κ3) is 3.24. The molecule has 1 saturated heterocycles. The molecule has 1 aliphatic heterocycles. The molecule has 0 aliphatic carbocycles. The van der Waals surface area contributed by atoms with E-state index in [1.165, 1.54) is 0 Å². The first-order chi connectivity index (χ1) is 8.68. The molecule has 2 rings (SSSR count). The van der Waals surface area contributed by atoms with Gasteiger partial charge in [-0.3, -0.25) is 4.79 Å². The van der Waals surface area contributed by atoms with Crippen molar-refractivity contribution in [1.82, 2.24) is 0 Å². The Morgan fingerprint density at radius 2 is 2.28 bits per heavy atom. The van der Waals surface area contributed by atoms with Crippen LogP contribution in [0.3, 0.4) is 0 Å². The van der Waals surface area contributed by atoms with Crippen LogP contribution >= 0.6 is 11.6 Å². The van der Waals surface area contributed by atoms with Gasteiger partial charge in [-0.2, -0.15) is 0 Å². The Kier molecular flexibility index (Phi) is 4.61. The monoisotopic (exact) mass is 268 g/mol. The molecule has 1 aromatic carbocycles. The van der Waals surface area contributed by atoms with Crippen LogP contribution in [0.25, 0.3) is 0 Å². The molecule has 1 fully saturated rings. The van der Waals surface area contributed by atoms with E-state index in [-0.39, 0.29) is 5.92 Å². The van der Waals surface area contributed by atoms with E-state index in [4.69, 9.17) is 16.3 Å². The van der Waals surface area contributed by atoms with Crippen LogP contribution in [0.4, 0.5) is 0 Å². The van der Waals surface area contributed by atoms with Gasteiger partial charge in [0.25, 0.3) is 0 Å². The van der Waals surface area contributed by atoms with E-state index >= 15 is 0 Å². The van der Waals surface area contributed by atoms with Crippen molar-refractivity contribution in [1.29, 1.82) is 0 Å². The van der Waals surface area contributed by atoms with Crippen molar-refractivity contribution < 1.29 is 14.6 Å². The zero-order chi connectivity index (χ0) is 13.0. The van der Waals surface area contributed by atoms with E-state index < -0.39 is 11.9 Å². The van der Waals surface area contributed by atoms with Gasteiger partial charge >= 0.3 is 5.97 Å². The minimum Gasteiger partial charge on any atom is -0.481 e. The molecule has 4 heteroatoms. The van der Waals surface area contributed by atoms with Crippen molar-refractivity contribution in [3.05, 3.63) is 34.9 Å². The van der Waals surface area contributed by atoms with Crippen LogP contribution in [0.15, 0.2) is 24.3 Å². The van der Waals surface area contributed by atoms with Gasteiger partial charge in [-0.15, -0.1) is 0 Å². The van der Waals surface area contributed by atoms with E-state index in [0.717, 1.165) is 25.0 Å². The average Bonchev–Trinajstić information content (AvgIpc) is 2.38. The van der Waals surface area contributed by atoms with Crippen molar-refractivity contribution in [3.8, 4) is 0 Å². The van der Waals surface area contributed by atoms with Gasteiger partial charge < -0.3 is 9.84 Å². The minimum absolute atomic E-state index is 0.0903. The van der Waals surface area contributed by atoms with Crippen molar-refractivity contribution in [2.45, 2.75) is 19.3 Å². The molecular weight excluding hydrogens is 252 g/mol. The second-order valence-electron chi connectivity index (χ2n) is 4.72. The summed E-state index contributed by atoms with van der Waals surface area (Å²) < 4.78 is 5.38. The maximum absolute atomic E-state index is 11.4. The lowest BCUT2D eigenvalue weighted by Gasteiger charge is -2.27. The van der Waals surface area contributed by atoms with Crippen LogP contribution in [0.2, 0.25) is 5.02 Å². The van der Waals surface area contributed by atoms with E-state index in [0.29, 0.717) is 18.1 Å². The summed E-state index contributed by atoms with van der Waals surface area (Å²) in [4.78, 5) is 11.4. The molecule has 1 heterocycles. The summed E-state index contributed by atoms with van der Waals surface area (Å²) in [5, 5.41) is 10.0. The second-order valence-corrected chi connectivity index (χ2v) is 5.12. The van der Waals surface area contributed by atoms with Gasteiger partial charge in [0.1, 0.15) is 0 Å². The highest BCUT2D eigenvalue weighted by Gasteiger charge is 2.30.